The van der Waals surface area contributed by atoms with E-state index in [9.17, 15) is 14.9 Å². The summed E-state index contributed by atoms with van der Waals surface area (Å²) in [5, 5.41) is 11.0. The molecule has 0 unspecified atom stereocenters. The second kappa shape index (κ2) is 6.16. The molecule has 4 heteroatoms. The number of nitro groups is 1. The molecule has 0 spiro atoms. The van der Waals surface area contributed by atoms with Gasteiger partial charge in [-0.2, -0.15) is 0 Å². The quantitative estimate of drug-likeness (QED) is 0.625. The number of benzene rings is 1. The first-order chi connectivity index (χ1) is 9.49. The third-order valence-corrected chi connectivity index (χ3v) is 4.39. The normalized spacial score (nSPS) is 20.7. The van der Waals surface area contributed by atoms with Gasteiger partial charge in [0.25, 0.3) is 0 Å². The van der Waals surface area contributed by atoms with Crippen LogP contribution in [0.5, 0.6) is 0 Å². The first-order valence-electron chi connectivity index (χ1n) is 7.20. The minimum absolute atomic E-state index is 0.154. The molecule has 0 bridgehead atoms. The molecule has 0 amide bonds. The van der Waals surface area contributed by atoms with E-state index in [1.807, 2.05) is 32.0 Å². The van der Waals surface area contributed by atoms with Crippen LogP contribution in [0.3, 0.4) is 0 Å². The van der Waals surface area contributed by atoms with E-state index in [-0.39, 0.29) is 29.1 Å². The summed E-state index contributed by atoms with van der Waals surface area (Å²) in [5.41, 5.74) is 3.23. The maximum atomic E-state index is 12.1. The van der Waals surface area contributed by atoms with Crippen LogP contribution in [0.25, 0.3) is 0 Å². The number of ketones is 1. The fraction of sp³-hybridized carbons (Fsp3) is 0.562. The first-order valence-corrected chi connectivity index (χ1v) is 7.20. The topological polar surface area (TPSA) is 60.2 Å². The Bertz CT molecular complexity index is 524. The molecule has 1 aromatic carbocycles. The van der Waals surface area contributed by atoms with Gasteiger partial charge in [-0.25, -0.2) is 0 Å². The Morgan fingerprint density at radius 2 is 2.05 bits per heavy atom. The molecule has 0 N–H and O–H groups in total. The van der Waals surface area contributed by atoms with E-state index in [0.29, 0.717) is 6.42 Å². The van der Waals surface area contributed by atoms with E-state index in [1.165, 1.54) is 5.56 Å². The van der Waals surface area contributed by atoms with Crippen molar-refractivity contribution in [3.8, 4) is 0 Å². The molecule has 1 aliphatic rings. The Hall–Kier alpha value is -1.71. The predicted octanol–water partition coefficient (Wildman–Crippen LogP) is 3.42. The largest absolute Gasteiger partial charge is 0.299 e. The van der Waals surface area contributed by atoms with Crippen molar-refractivity contribution in [3.05, 3.63) is 45.0 Å². The van der Waals surface area contributed by atoms with Crippen molar-refractivity contribution >= 4 is 5.78 Å². The van der Waals surface area contributed by atoms with Gasteiger partial charge >= 0.3 is 0 Å². The van der Waals surface area contributed by atoms with Gasteiger partial charge in [0.15, 0.2) is 0 Å². The van der Waals surface area contributed by atoms with Gasteiger partial charge in [0.1, 0.15) is 5.78 Å². The van der Waals surface area contributed by atoms with Crippen molar-refractivity contribution in [2.24, 2.45) is 5.92 Å². The Morgan fingerprint density at radius 3 is 2.65 bits per heavy atom. The summed E-state index contributed by atoms with van der Waals surface area (Å²) < 4.78 is 0. The molecule has 108 valence electrons. The summed E-state index contributed by atoms with van der Waals surface area (Å²) in [6.07, 6.45) is 3.27. The van der Waals surface area contributed by atoms with Crippen LogP contribution < -0.4 is 0 Å². The van der Waals surface area contributed by atoms with Crippen molar-refractivity contribution in [1.82, 2.24) is 0 Å². The van der Waals surface area contributed by atoms with Gasteiger partial charge < -0.3 is 0 Å². The molecular weight excluding hydrogens is 254 g/mol. The van der Waals surface area contributed by atoms with Crippen LogP contribution in [0.4, 0.5) is 0 Å². The number of aryl methyl sites for hydroxylation is 2. The summed E-state index contributed by atoms with van der Waals surface area (Å²) in [5.74, 6) is -0.269. The molecule has 1 aromatic rings. The third kappa shape index (κ3) is 3.24. The Labute approximate surface area is 119 Å². The van der Waals surface area contributed by atoms with Gasteiger partial charge in [-0.05, 0) is 43.4 Å². The standard InChI is InChI=1S/C16H21NO3/c1-11-7-8-13(9-12(11)2)15(10-17(19)20)14-5-3-4-6-16(14)18/h7-9,14-15H,3-6,10H2,1-2H3/t14-,15-/m0/s1. The summed E-state index contributed by atoms with van der Waals surface area (Å²) in [6, 6.07) is 5.94. The number of rotatable bonds is 4. The Morgan fingerprint density at radius 1 is 1.30 bits per heavy atom. The average molecular weight is 275 g/mol. The molecule has 20 heavy (non-hydrogen) atoms. The van der Waals surface area contributed by atoms with Crippen molar-refractivity contribution in [3.63, 3.8) is 0 Å². The lowest BCUT2D eigenvalue weighted by Crippen LogP contribution is -2.30. The lowest BCUT2D eigenvalue weighted by Gasteiger charge is -2.27. The van der Waals surface area contributed by atoms with Crippen LogP contribution in [0.15, 0.2) is 18.2 Å². The molecule has 4 nitrogen and oxygen atoms in total. The number of Topliss-reactive ketones (excluding diaryl/α,β-unsaturated/α-hetero) is 1. The molecule has 0 aliphatic heterocycles. The summed E-state index contributed by atoms with van der Waals surface area (Å²) in [4.78, 5) is 22.8. The van der Waals surface area contributed by atoms with Gasteiger partial charge in [0.05, 0.1) is 5.92 Å². The molecule has 1 fully saturated rings. The molecule has 0 heterocycles. The van der Waals surface area contributed by atoms with Crippen molar-refractivity contribution < 1.29 is 9.72 Å². The highest BCUT2D eigenvalue weighted by Gasteiger charge is 2.34. The minimum Gasteiger partial charge on any atom is -0.299 e. The number of hydrogen-bond donors (Lipinski definition) is 0. The molecule has 1 aliphatic carbocycles. The maximum Gasteiger partial charge on any atom is 0.211 e. The highest BCUT2D eigenvalue weighted by molar-refractivity contribution is 5.82. The van der Waals surface area contributed by atoms with Crippen LogP contribution >= 0.6 is 0 Å². The molecule has 0 saturated heterocycles. The van der Waals surface area contributed by atoms with Crippen LogP contribution in [-0.2, 0) is 4.79 Å². The van der Waals surface area contributed by atoms with Gasteiger partial charge in [-0.15, -0.1) is 0 Å². The van der Waals surface area contributed by atoms with Crippen LogP contribution in [-0.4, -0.2) is 17.3 Å². The van der Waals surface area contributed by atoms with Crippen molar-refractivity contribution in [1.29, 1.82) is 0 Å². The maximum absolute atomic E-state index is 12.1. The predicted molar refractivity (Wildman–Crippen MR) is 77.5 cm³/mol. The van der Waals surface area contributed by atoms with Crippen LogP contribution in [0, 0.1) is 29.9 Å². The second-order valence-electron chi connectivity index (χ2n) is 5.78. The SMILES string of the molecule is Cc1ccc([C@H](C[N+](=O)[O-])[C@@H]2CCCCC2=O)cc1C. The van der Waals surface area contributed by atoms with Crippen molar-refractivity contribution in [2.45, 2.75) is 45.4 Å². The zero-order valence-corrected chi connectivity index (χ0v) is 12.1. The van der Waals surface area contributed by atoms with Crippen LogP contribution in [0.2, 0.25) is 0 Å². The summed E-state index contributed by atoms with van der Waals surface area (Å²) >= 11 is 0. The summed E-state index contributed by atoms with van der Waals surface area (Å²) in [6.45, 7) is 3.87. The fourth-order valence-corrected chi connectivity index (χ4v) is 3.06. The third-order valence-electron chi connectivity index (χ3n) is 4.39. The smallest absolute Gasteiger partial charge is 0.211 e. The van der Waals surface area contributed by atoms with Gasteiger partial charge in [0, 0.05) is 17.3 Å². The highest BCUT2D eigenvalue weighted by atomic mass is 16.6. The van der Waals surface area contributed by atoms with E-state index < -0.39 is 0 Å². The van der Waals surface area contributed by atoms with E-state index in [0.717, 1.165) is 30.4 Å². The van der Waals surface area contributed by atoms with Crippen molar-refractivity contribution in [2.75, 3.05) is 6.54 Å². The van der Waals surface area contributed by atoms with Gasteiger partial charge in [-0.3, -0.25) is 14.9 Å². The Kier molecular flexibility index (Phi) is 4.53. The average Bonchev–Trinajstić information content (AvgIpc) is 2.40. The van der Waals surface area contributed by atoms with E-state index in [1.54, 1.807) is 0 Å². The zero-order valence-electron chi connectivity index (χ0n) is 12.1. The number of nitrogens with zero attached hydrogens (tertiary/aromatic N) is 1. The number of carbonyl (C=O) groups is 1. The molecular formula is C16H21NO3. The highest BCUT2D eigenvalue weighted by Crippen LogP contribution is 2.34. The first kappa shape index (κ1) is 14.7. The monoisotopic (exact) mass is 275 g/mol. The number of hydrogen-bond acceptors (Lipinski definition) is 3. The van der Waals surface area contributed by atoms with Crippen LogP contribution in [0.1, 0.15) is 48.3 Å². The molecule has 0 aromatic heterocycles. The minimum atomic E-state index is -0.290. The van der Waals surface area contributed by atoms with E-state index in [4.69, 9.17) is 0 Å². The number of carbonyl (C=O) groups excluding carboxylic acids is 1. The van der Waals surface area contributed by atoms with E-state index in [2.05, 4.69) is 0 Å². The second-order valence-corrected chi connectivity index (χ2v) is 5.78. The van der Waals surface area contributed by atoms with Gasteiger partial charge in [0.2, 0.25) is 6.54 Å². The Balaban J connectivity index is 2.32. The van der Waals surface area contributed by atoms with E-state index >= 15 is 0 Å². The zero-order chi connectivity index (χ0) is 14.7. The molecule has 1 saturated carbocycles. The van der Waals surface area contributed by atoms with Gasteiger partial charge in [-0.1, -0.05) is 24.6 Å². The molecule has 2 rings (SSSR count). The molecule has 0 radical (unpaired) electrons. The lowest BCUT2D eigenvalue weighted by atomic mass is 9.75. The molecule has 2 atom stereocenters. The fourth-order valence-electron chi connectivity index (χ4n) is 3.06. The lowest BCUT2D eigenvalue weighted by molar-refractivity contribution is -0.484. The summed E-state index contributed by atoms with van der Waals surface area (Å²) in [7, 11) is 0.